The van der Waals surface area contributed by atoms with E-state index in [9.17, 15) is 24.3 Å². The molecule has 11 heteroatoms. The van der Waals surface area contributed by atoms with Crippen LogP contribution in [0.5, 0.6) is 0 Å². The molecule has 0 radical (unpaired) electrons. The monoisotopic (exact) mass is 447 g/mol. The van der Waals surface area contributed by atoms with Gasteiger partial charge in [-0.3, -0.25) is 14.4 Å². The second kappa shape index (κ2) is 15.9. The Bertz CT molecular complexity index is 561. The number of unbranched alkanes of at least 4 members (excludes halogenated alkanes) is 1. The lowest BCUT2D eigenvalue weighted by Crippen LogP contribution is -2.53. The number of carboxylic acids is 1. The minimum absolute atomic E-state index is 0.0819. The Morgan fingerprint density at radius 2 is 1.67 bits per heavy atom. The van der Waals surface area contributed by atoms with Gasteiger partial charge in [0, 0.05) is 0 Å². The Hall–Kier alpha value is -1.85. The SMILES string of the molecule is CSCCC(N)C(=O)NC(CCCCN)C(=O)NCC(=O)NC(CC(C)C)C(=O)O. The zero-order valence-corrected chi connectivity index (χ0v) is 18.9. The number of hydrogen-bond donors (Lipinski definition) is 6. The van der Waals surface area contributed by atoms with Gasteiger partial charge < -0.3 is 32.5 Å². The van der Waals surface area contributed by atoms with Crippen LogP contribution in [0.2, 0.25) is 0 Å². The van der Waals surface area contributed by atoms with Crippen LogP contribution in [0.25, 0.3) is 0 Å². The largest absolute Gasteiger partial charge is 0.480 e. The molecule has 0 aliphatic rings. The first-order valence-corrected chi connectivity index (χ1v) is 11.6. The lowest BCUT2D eigenvalue weighted by Gasteiger charge is -2.21. The smallest absolute Gasteiger partial charge is 0.326 e. The number of aliphatic carboxylic acids is 1. The van der Waals surface area contributed by atoms with Crippen LogP contribution in [0.3, 0.4) is 0 Å². The first-order chi connectivity index (χ1) is 14.1. The molecule has 0 saturated heterocycles. The third-order valence-corrected chi connectivity index (χ3v) is 4.96. The van der Waals surface area contributed by atoms with Crippen LogP contribution in [-0.2, 0) is 19.2 Å². The Labute approximate surface area is 182 Å². The molecule has 0 aliphatic heterocycles. The van der Waals surface area contributed by atoms with E-state index in [0.29, 0.717) is 32.2 Å². The van der Waals surface area contributed by atoms with Crippen molar-refractivity contribution < 1.29 is 24.3 Å². The number of rotatable bonds is 16. The molecule has 8 N–H and O–H groups in total. The maximum absolute atomic E-state index is 12.5. The number of carbonyl (C=O) groups is 4. The van der Waals surface area contributed by atoms with Gasteiger partial charge in [0.1, 0.15) is 12.1 Å². The predicted molar refractivity (Wildman–Crippen MR) is 118 cm³/mol. The van der Waals surface area contributed by atoms with Crippen molar-refractivity contribution in [2.24, 2.45) is 17.4 Å². The summed E-state index contributed by atoms with van der Waals surface area (Å²) in [5.74, 6) is -1.89. The van der Waals surface area contributed by atoms with Gasteiger partial charge in [0.2, 0.25) is 17.7 Å². The number of carbonyl (C=O) groups excluding carboxylic acids is 3. The van der Waals surface area contributed by atoms with Gasteiger partial charge in [-0.1, -0.05) is 13.8 Å². The van der Waals surface area contributed by atoms with Crippen molar-refractivity contribution in [1.82, 2.24) is 16.0 Å². The highest BCUT2D eigenvalue weighted by molar-refractivity contribution is 7.98. The van der Waals surface area contributed by atoms with Gasteiger partial charge in [-0.05, 0) is 56.6 Å². The molecular weight excluding hydrogens is 410 g/mol. The van der Waals surface area contributed by atoms with E-state index in [0.717, 1.165) is 5.75 Å². The summed E-state index contributed by atoms with van der Waals surface area (Å²) in [6.07, 6.45) is 4.34. The summed E-state index contributed by atoms with van der Waals surface area (Å²) in [6, 6.07) is -2.59. The summed E-state index contributed by atoms with van der Waals surface area (Å²) < 4.78 is 0. The molecule has 0 spiro atoms. The molecule has 10 nitrogen and oxygen atoms in total. The third-order valence-electron chi connectivity index (χ3n) is 4.31. The van der Waals surface area contributed by atoms with Crippen molar-refractivity contribution in [3.05, 3.63) is 0 Å². The number of carboxylic acid groups (broad SMARTS) is 1. The Morgan fingerprint density at radius 3 is 2.20 bits per heavy atom. The molecule has 0 aromatic carbocycles. The van der Waals surface area contributed by atoms with Gasteiger partial charge >= 0.3 is 5.97 Å². The van der Waals surface area contributed by atoms with Gasteiger partial charge in [0.15, 0.2) is 0 Å². The molecule has 0 aromatic heterocycles. The van der Waals surface area contributed by atoms with E-state index >= 15 is 0 Å². The van der Waals surface area contributed by atoms with Crippen LogP contribution in [-0.4, -0.2) is 72.0 Å². The first-order valence-electron chi connectivity index (χ1n) is 10.2. The molecular formula is C19H37N5O5S. The lowest BCUT2D eigenvalue weighted by molar-refractivity contribution is -0.142. The standard InChI is InChI=1S/C19H37N5O5S/c1-12(2)10-15(19(28)29)23-16(25)11-22-18(27)14(6-4-5-8-20)24-17(26)13(21)7-9-30-3/h12-15H,4-11,20-21H2,1-3H3,(H,22,27)(H,23,25)(H,24,26)(H,28,29). The summed E-state index contributed by atoms with van der Waals surface area (Å²) >= 11 is 1.57. The number of thioether (sulfide) groups is 1. The Morgan fingerprint density at radius 1 is 1.00 bits per heavy atom. The van der Waals surface area contributed by atoms with Crippen molar-refractivity contribution in [3.63, 3.8) is 0 Å². The van der Waals surface area contributed by atoms with E-state index in [-0.39, 0.29) is 18.9 Å². The van der Waals surface area contributed by atoms with Crippen molar-refractivity contribution in [3.8, 4) is 0 Å². The normalized spacial score (nSPS) is 13.9. The van der Waals surface area contributed by atoms with Crippen LogP contribution in [0.15, 0.2) is 0 Å². The minimum Gasteiger partial charge on any atom is -0.480 e. The van der Waals surface area contributed by atoms with E-state index < -0.39 is 41.8 Å². The van der Waals surface area contributed by atoms with E-state index in [1.807, 2.05) is 20.1 Å². The maximum atomic E-state index is 12.5. The molecule has 174 valence electrons. The summed E-state index contributed by atoms with van der Waals surface area (Å²) in [4.78, 5) is 48.1. The van der Waals surface area contributed by atoms with E-state index in [4.69, 9.17) is 11.5 Å². The average Bonchev–Trinajstić information content (AvgIpc) is 2.68. The van der Waals surface area contributed by atoms with Gasteiger partial charge in [0.25, 0.3) is 0 Å². The van der Waals surface area contributed by atoms with E-state index in [1.165, 1.54) is 0 Å². The summed E-state index contributed by atoms with van der Waals surface area (Å²) in [7, 11) is 0. The molecule has 0 aromatic rings. The molecule has 3 atom stereocenters. The van der Waals surface area contributed by atoms with Gasteiger partial charge in [0.05, 0.1) is 12.6 Å². The minimum atomic E-state index is -1.13. The molecule has 0 heterocycles. The highest BCUT2D eigenvalue weighted by Gasteiger charge is 2.25. The molecule has 3 amide bonds. The van der Waals surface area contributed by atoms with Crippen molar-refractivity contribution >= 4 is 35.5 Å². The molecule has 3 unspecified atom stereocenters. The van der Waals surface area contributed by atoms with E-state index in [1.54, 1.807) is 11.8 Å². The number of amides is 3. The van der Waals surface area contributed by atoms with Crippen LogP contribution in [0.4, 0.5) is 0 Å². The van der Waals surface area contributed by atoms with Crippen LogP contribution in [0, 0.1) is 5.92 Å². The van der Waals surface area contributed by atoms with E-state index in [2.05, 4.69) is 16.0 Å². The average molecular weight is 448 g/mol. The molecule has 30 heavy (non-hydrogen) atoms. The summed E-state index contributed by atoms with van der Waals surface area (Å²) in [5, 5.41) is 16.7. The summed E-state index contributed by atoms with van der Waals surface area (Å²) in [5.41, 5.74) is 11.3. The quantitative estimate of drug-likeness (QED) is 0.170. The third kappa shape index (κ3) is 12.7. The zero-order valence-electron chi connectivity index (χ0n) is 18.1. The Balaban J connectivity index is 4.80. The zero-order chi connectivity index (χ0) is 23.1. The Kier molecular flexibility index (Phi) is 14.9. The van der Waals surface area contributed by atoms with Gasteiger partial charge in [-0.15, -0.1) is 0 Å². The molecule has 0 saturated carbocycles. The fourth-order valence-corrected chi connectivity index (χ4v) is 3.13. The fraction of sp³-hybridized carbons (Fsp3) is 0.789. The summed E-state index contributed by atoms with van der Waals surface area (Å²) in [6.45, 7) is 3.78. The van der Waals surface area contributed by atoms with Crippen molar-refractivity contribution in [2.45, 2.75) is 64.1 Å². The second-order valence-electron chi connectivity index (χ2n) is 7.54. The predicted octanol–water partition coefficient (Wildman–Crippen LogP) is -0.588. The lowest BCUT2D eigenvalue weighted by atomic mass is 10.0. The van der Waals surface area contributed by atoms with Crippen molar-refractivity contribution in [1.29, 1.82) is 0 Å². The van der Waals surface area contributed by atoms with Crippen LogP contribution in [0.1, 0.15) is 46.0 Å². The maximum Gasteiger partial charge on any atom is 0.326 e. The second-order valence-corrected chi connectivity index (χ2v) is 8.52. The highest BCUT2D eigenvalue weighted by Crippen LogP contribution is 2.05. The molecule has 0 bridgehead atoms. The van der Waals surface area contributed by atoms with Crippen LogP contribution >= 0.6 is 11.8 Å². The van der Waals surface area contributed by atoms with Gasteiger partial charge in [-0.2, -0.15) is 11.8 Å². The van der Waals surface area contributed by atoms with Crippen molar-refractivity contribution in [2.75, 3.05) is 25.1 Å². The number of nitrogens with two attached hydrogens (primary N) is 2. The number of hydrogen-bond acceptors (Lipinski definition) is 7. The number of nitrogens with one attached hydrogen (secondary N) is 3. The molecule has 0 fully saturated rings. The molecule has 0 aliphatic carbocycles. The highest BCUT2D eigenvalue weighted by atomic mass is 32.2. The van der Waals surface area contributed by atoms with Crippen LogP contribution < -0.4 is 27.4 Å². The van der Waals surface area contributed by atoms with Gasteiger partial charge in [-0.25, -0.2) is 4.79 Å². The fourth-order valence-electron chi connectivity index (χ4n) is 2.65. The molecule has 0 rings (SSSR count). The topological polar surface area (TPSA) is 177 Å². The first kappa shape index (κ1) is 28.1.